The first-order chi connectivity index (χ1) is 16.5. The molecule has 1 heterocycles. The predicted molar refractivity (Wildman–Crippen MR) is 119 cm³/mol. The van der Waals surface area contributed by atoms with Crippen LogP contribution in [0.15, 0.2) is 42.5 Å². The lowest BCUT2D eigenvalue weighted by Gasteiger charge is -2.11. The van der Waals surface area contributed by atoms with Crippen molar-refractivity contribution in [2.45, 2.75) is 31.5 Å². The number of carbonyl (C=O) groups excluding carboxylic acids is 1. The molecule has 184 valence electrons. The summed E-state index contributed by atoms with van der Waals surface area (Å²) in [6, 6.07) is 10.1. The summed E-state index contributed by atoms with van der Waals surface area (Å²) in [5.41, 5.74) is -1.43. The van der Waals surface area contributed by atoms with E-state index in [0.29, 0.717) is 24.3 Å². The average molecular weight is 511 g/mol. The molecule has 1 N–H and O–H groups in total. The normalized spacial score (nSPS) is 13.4. The molecule has 0 radical (unpaired) electrons. The Morgan fingerprint density at radius 2 is 1.86 bits per heavy atom. The van der Waals surface area contributed by atoms with E-state index in [0.717, 1.165) is 10.7 Å². The Morgan fingerprint density at radius 3 is 2.43 bits per heavy atom. The summed E-state index contributed by atoms with van der Waals surface area (Å²) in [5.74, 6) is 0.0718. The molecule has 1 amide bonds. The Bertz CT molecular complexity index is 1270. The van der Waals surface area contributed by atoms with Crippen LogP contribution < -0.4 is 14.8 Å². The standard InChI is InChI=1S/C22H18ClF3N4O5/c1-34-15-4-6-16(7-5-15)35-17-9-13(8-14(10-17)30(32)33)27-18(31)11-29-20(12-2-3-12)19(23)21(28-29)22(24,25)26/h4-10,12H,2-3,11H2,1H3,(H,27,31). The number of alkyl halides is 3. The van der Waals surface area contributed by atoms with E-state index < -0.39 is 34.3 Å². The number of nitrogens with zero attached hydrogens (tertiary/aromatic N) is 3. The molecule has 3 aromatic rings. The van der Waals surface area contributed by atoms with Gasteiger partial charge in [-0.1, -0.05) is 11.6 Å². The van der Waals surface area contributed by atoms with E-state index in [1.54, 1.807) is 24.3 Å². The van der Waals surface area contributed by atoms with E-state index in [2.05, 4.69) is 10.4 Å². The monoisotopic (exact) mass is 510 g/mol. The van der Waals surface area contributed by atoms with E-state index >= 15 is 0 Å². The van der Waals surface area contributed by atoms with Crippen LogP contribution in [0, 0.1) is 10.1 Å². The second-order valence-electron chi connectivity index (χ2n) is 7.78. The van der Waals surface area contributed by atoms with Crippen molar-refractivity contribution >= 4 is 28.9 Å². The molecule has 1 aromatic heterocycles. The van der Waals surface area contributed by atoms with Crippen molar-refractivity contribution in [2.75, 3.05) is 12.4 Å². The number of nitrogens with one attached hydrogen (secondary N) is 1. The molecule has 0 unspecified atom stereocenters. The number of ether oxygens (including phenoxy) is 2. The van der Waals surface area contributed by atoms with E-state index in [1.807, 2.05) is 0 Å². The van der Waals surface area contributed by atoms with Crippen LogP contribution in [0.5, 0.6) is 17.2 Å². The van der Waals surface area contributed by atoms with Gasteiger partial charge in [-0.05, 0) is 37.1 Å². The number of nitro groups is 1. The van der Waals surface area contributed by atoms with Crippen molar-refractivity contribution in [3.63, 3.8) is 0 Å². The van der Waals surface area contributed by atoms with E-state index in [-0.39, 0.29) is 28.7 Å². The van der Waals surface area contributed by atoms with Gasteiger partial charge in [0.05, 0.1) is 34.5 Å². The molecule has 1 aliphatic rings. The van der Waals surface area contributed by atoms with Crippen LogP contribution in [-0.2, 0) is 17.5 Å². The third-order valence-corrected chi connectivity index (χ3v) is 5.51. The Kier molecular flexibility index (Phi) is 6.57. The molecule has 1 aliphatic carbocycles. The first-order valence-electron chi connectivity index (χ1n) is 10.3. The number of hydrogen-bond acceptors (Lipinski definition) is 6. The topological polar surface area (TPSA) is 109 Å². The SMILES string of the molecule is COc1ccc(Oc2cc(NC(=O)Cn3nc(C(F)(F)F)c(Cl)c3C3CC3)cc([N+](=O)[O-])c2)cc1. The molecule has 9 nitrogen and oxygen atoms in total. The zero-order valence-electron chi connectivity index (χ0n) is 18.1. The number of hydrogen-bond donors (Lipinski definition) is 1. The summed E-state index contributed by atoms with van der Waals surface area (Å²) in [7, 11) is 1.50. The third-order valence-electron chi connectivity index (χ3n) is 5.14. The van der Waals surface area contributed by atoms with Crippen LogP contribution in [0.3, 0.4) is 0 Å². The molecule has 0 spiro atoms. The molecule has 35 heavy (non-hydrogen) atoms. The molecule has 1 saturated carbocycles. The van der Waals surface area contributed by atoms with E-state index in [9.17, 15) is 28.1 Å². The highest BCUT2D eigenvalue weighted by molar-refractivity contribution is 6.32. The maximum Gasteiger partial charge on any atom is 0.436 e. The zero-order chi connectivity index (χ0) is 25.3. The van der Waals surface area contributed by atoms with Gasteiger partial charge in [0, 0.05) is 18.1 Å². The number of methoxy groups -OCH3 is 1. The Hall–Kier alpha value is -3.80. The molecule has 0 bridgehead atoms. The van der Waals surface area contributed by atoms with E-state index in [4.69, 9.17) is 21.1 Å². The fourth-order valence-electron chi connectivity index (χ4n) is 3.44. The zero-order valence-corrected chi connectivity index (χ0v) is 18.9. The molecule has 1 fully saturated rings. The average Bonchev–Trinajstić information content (AvgIpc) is 3.56. The van der Waals surface area contributed by atoms with Crippen molar-refractivity contribution in [1.29, 1.82) is 0 Å². The smallest absolute Gasteiger partial charge is 0.436 e. The molecule has 2 aromatic carbocycles. The van der Waals surface area contributed by atoms with Crippen LogP contribution in [0.1, 0.15) is 30.1 Å². The van der Waals surface area contributed by atoms with Gasteiger partial charge in [0.25, 0.3) is 5.69 Å². The van der Waals surface area contributed by atoms with Gasteiger partial charge in [-0.3, -0.25) is 19.6 Å². The highest BCUT2D eigenvalue weighted by Gasteiger charge is 2.42. The highest BCUT2D eigenvalue weighted by atomic mass is 35.5. The summed E-state index contributed by atoms with van der Waals surface area (Å²) in [5, 5.41) is 16.8. The maximum atomic E-state index is 13.3. The van der Waals surface area contributed by atoms with Gasteiger partial charge in [-0.15, -0.1) is 0 Å². The van der Waals surface area contributed by atoms with Crippen LogP contribution in [0.4, 0.5) is 24.5 Å². The number of nitro benzene ring substituents is 1. The number of aromatic nitrogens is 2. The minimum atomic E-state index is -4.77. The number of rotatable bonds is 8. The highest BCUT2D eigenvalue weighted by Crippen LogP contribution is 2.46. The van der Waals surface area contributed by atoms with Gasteiger partial charge in [-0.25, -0.2) is 0 Å². The quantitative estimate of drug-likeness (QED) is 0.304. The fourth-order valence-corrected chi connectivity index (χ4v) is 3.83. The van der Waals surface area contributed by atoms with Gasteiger partial charge in [0.1, 0.15) is 23.8 Å². The molecular formula is C22H18ClF3N4O5. The van der Waals surface area contributed by atoms with Crippen LogP contribution >= 0.6 is 11.6 Å². The van der Waals surface area contributed by atoms with Gasteiger partial charge in [-0.2, -0.15) is 18.3 Å². The van der Waals surface area contributed by atoms with Crippen molar-refractivity contribution in [3.8, 4) is 17.2 Å². The number of amides is 1. The lowest BCUT2D eigenvalue weighted by atomic mass is 10.2. The Balaban J connectivity index is 1.55. The van der Waals surface area contributed by atoms with Crippen LogP contribution in [0.2, 0.25) is 5.02 Å². The lowest BCUT2D eigenvalue weighted by Crippen LogP contribution is -2.21. The summed E-state index contributed by atoms with van der Waals surface area (Å²) in [4.78, 5) is 23.4. The maximum absolute atomic E-state index is 13.3. The largest absolute Gasteiger partial charge is 0.497 e. The van der Waals surface area contributed by atoms with Crippen LogP contribution in [-0.4, -0.2) is 27.7 Å². The van der Waals surface area contributed by atoms with Crippen molar-refractivity contribution in [2.24, 2.45) is 0 Å². The number of carbonyl (C=O) groups is 1. The Morgan fingerprint density at radius 1 is 1.20 bits per heavy atom. The van der Waals surface area contributed by atoms with Gasteiger partial charge < -0.3 is 14.8 Å². The lowest BCUT2D eigenvalue weighted by molar-refractivity contribution is -0.384. The molecule has 0 aliphatic heterocycles. The summed E-state index contributed by atoms with van der Waals surface area (Å²) < 4.78 is 51.4. The predicted octanol–water partition coefficient (Wildman–Crippen LogP) is 5.78. The second-order valence-corrected chi connectivity index (χ2v) is 8.15. The number of benzene rings is 2. The molecule has 13 heteroatoms. The van der Waals surface area contributed by atoms with Gasteiger partial charge >= 0.3 is 6.18 Å². The first kappa shape index (κ1) is 24.3. The van der Waals surface area contributed by atoms with Crippen molar-refractivity contribution < 1.29 is 32.4 Å². The van der Waals surface area contributed by atoms with Gasteiger partial charge in [0.2, 0.25) is 5.91 Å². The number of anilines is 1. The van der Waals surface area contributed by atoms with Crippen LogP contribution in [0.25, 0.3) is 0 Å². The molecular weight excluding hydrogens is 493 g/mol. The second kappa shape index (κ2) is 9.45. The number of non-ortho nitro benzene ring substituents is 1. The van der Waals surface area contributed by atoms with Gasteiger partial charge in [0.15, 0.2) is 5.69 Å². The summed E-state index contributed by atoms with van der Waals surface area (Å²) in [6.07, 6.45) is -3.49. The summed E-state index contributed by atoms with van der Waals surface area (Å²) in [6.45, 7) is -0.557. The van der Waals surface area contributed by atoms with Crippen molar-refractivity contribution in [1.82, 2.24) is 9.78 Å². The third kappa shape index (κ3) is 5.65. The number of halogens is 4. The Labute approximate surface area is 201 Å². The minimum Gasteiger partial charge on any atom is -0.497 e. The summed E-state index contributed by atoms with van der Waals surface area (Å²) >= 11 is 5.93. The molecule has 0 saturated heterocycles. The van der Waals surface area contributed by atoms with Crippen molar-refractivity contribution in [3.05, 3.63) is 69.0 Å². The minimum absolute atomic E-state index is 0.0231. The van der Waals surface area contributed by atoms with E-state index in [1.165, 1.54) is 19.2 Å². The molecule has 0 atom stereocenters. The molecule has 4 rings (SSSR count). The first-order valence-corrected chi connectivity index (χ1v) is 10.7. The fraction of sp³-hybridized carbons (Fsp3) is 0.273.